The van der Waals surface area contributed by atoms with Gasteiger partial charge in [0, 0.05) is 22.4 Å². The maximum atomic E-state index is 6.18. The van der Waals surface area contributed by atoms with E-state index in [2.05, 4.69) is 4.98 Å². The van der Waals surface area contributed by atoms with Gasteiger partial charge in [-0.3, -0.25) is 4.98 Å². The molecular formula is C15H12ClNOS. The van der Waals surface area contributed by atoms with Crippen LogP contribution in [0.5, 0.6) is 0 Å². The maximum Gasteiger partial charge on any atom is 0.113 e. The van der Waals surface area contributed by atoms with Crippen molar-refractivity contribution in [1.29, 1.82) is 0 Å². The Labute approximate surface area is 120 Å². The summed E-state index contributed by atoms with van der Waals surface area (Å²) in [6.45, 7) is 0. The zero-order valence-electron chi connectivity index (χ0n) is 10.2. The molecule has 3 aromatic rings. The van der Waals surface area contributed by atoms with Gasteiger partial charge in [-0.1, -0.05) is 17.7 Å². The predicted octanol–water partition coefficient (Wildman–Crippen LogP) is 4.91. The molecule has 0 bridgehead atoms. The molecule has 0 saturated carbocycles. The zero-order valence-corrected chi connectivity index (χ0v) is 11.7. The molecule has 19 heavy (non-hydrogen) atoms. The summed E-state index contributed by atoms with van der Waals surface area (Å²) in [6.07, 6.45) is 3.51. The normalized spacial score (nSPS) is 11.0. The summed E-state index contributed by atoms with van der Waals surface area (Å²) in [5.74, 6) is 2.76. The third kappa shape index (κ3) is 2.77. The van der Waals surface area contributed by atoms with Crippen molar-refractivity contribution in [2.75, 3.05) is 0 Å². The minimum absolute atomic E-state index is 0.753. The molecule has 0 radical (unpaired) electrons. The van der Waals surface area contributed by atoms with Gasteiger partial charge in [0.2, 0.25) is 0 Å². The fraction of sp³-hybridized carbons (Fsp3) is 0.133. The molecule has 2 aromatic heterocycles. The highest BCUT2D eigenvalue weighted by atomic mass is 35.5. The minimum Gasteiger partial charge on any atom is -0.468 e. The Morgan fingerprint density at radius 2 is 2.05 bits per heavy atom. The number of halogens is 1. The van der Waals surface area contributed by atoms with Crippen LogP contribution in [0.1, 0.15) is 11.3 Å². The van der Waals surface area contributed by atoms with E-state index in [1.807, 2.05) is 48.2 Å². The van der Waals surface area contributed by atoms with Gasteiger partial charge in [0.05, 0.1) is 17.5 Å². The number of benzene rings is 1. The first-order valence-corrected chi connectivity index (χ1v) is 7.50. The third-order valence-electron chi connectivity index (χ3n) is 2.88. The molecule has 0 N–H and O–H groups in total. The van der Waals surface area contributed by atoms with E-state index in [1.165, 1.54) is 5.56 Å². The molecule has 96 valence electrons. The summed E-state index contributed by atoms with van der Waals surface area (Å²) in [6, 6.07) is 11.8. The molecule has 0 fully saturated rings. The standard InChI is InChI=1S/C15H12ClNOS/c16-14-6-5-11(15-13(14)4-1-7-17-15)9-19-10-12-3-2-8-18-12/h1-8H,9-10H2. The highest BCUT2D eigenvalue weighted by Crippen LogP contribution is 2.28. The van der Waals surface area contributed by atoms with Crippen LogP contribution in [0.15, 0.2) is 53.3 Å². The zero-order chi connectivity index (χ0) is 13.1. The molecule has 3 rings (SSSR count). The summed E-state index contributed by atoms with van der Waals surface area (Å²) in [4.78, 5) is 4.44. The number of hydrogen-bond acceptors (Lipinski definition) is 3. The van der Waals surface area contributed by atoms with Crippen LogP contribution >= 0.6 is 23.4 Å². The second-order valence-electron chi connectivity index (χ2n) is 4.18. The van der Waals surface area contributed by atoms with Crippen LogP contribution in [0.4, 0.5) is 0 Å². The van der Waals surface area contributed by atoms with E-state index < -0.39 is 0 Å². The first kappa shape index (κ1) is 12.6. The summed E-state index contributed by atoms with van der Waals surface area (Å²) in [5, 5.41) is 1.77. The third-order valence-corrected chi connectivity index (χ3v) is 4.22. The van der Waals surface area contributed by atoms with Crippen molar-refractivity contribution in [2.24, 2.45) is 0 Å². The largest absolute Gasteiger partial charge is 0.468 e. The fourth-order valence-electron chi connectivity index (χ4n) is 1.97. The summed E-state index contributed by atoms with van der Waals surface area (Å²) >= 11 is 7.99. The molecule has 0 amide bonds. The van der Waals surface area contributed by atoms with Crippen LogP contribution < -0.4 is 0 Å². The summed E-state index contributed by atoms with van der Waals surface area (Å²) < 4.78 is 5.32. The van der Waals surface area contributed by atoms with Crippen LogP contribution in [-0.4, -0.2) is 4.98 Å². The number of thioether (sulfide) groups is 1. The molecule has 2 nitrogen and oxygen atoms in total. The smallest absolute Gasteiger partial charge is 0.113 e. The number of aromatic nitrogens is 1. The number of nitrogens with zero attached hydrogens (tertiary/aromatic N) is 1. The lowest BCUT2D eigenvalue weighted by molar-refractivity contribution is 0.530. The highest BCUT2D eigenvalue weighted by molar-refractivity contribution is 7.97. The van der Waals surface area contributed by atoms with E-state index in [0.717, 1.165) is 33.2 Å². The van der Waals surface area contributed by atoms with Crippen molar-refractivity contribution in [3.8, 4) is 0 Å². The Hall–Kier alpha value is -1.45. The predicted molar refractivity (Wildman–Crippen MR) is 80.5 cm³/mol. The van der Waals surface area contributed by atoms with Gasteiger partial charge in [-0.15, -0.1) is 11.8 Å². The van der Waals surface area contributed by atoms with Gasteiger partial charge in [0.25, 0.3) is 0 Å². The average molecular weight is 290 g/mol. The number of hydrogen-bond donors (Lipinski definition) is 0. The summed E-state index contributed by atoms with van der Waals surface area (Å²) in [7, 11) is 0. The summed E-state index contributed by atoms with van der Waals surface area (Å²) in [5.41, 5.74) is 2.19. The Balaban J connectivity index is 1.79. The van der Waals surface area contributed by atoms with Gasteiger partial charge >= 0.3 is 0 Å². The quantitative estimate of drug-likeness (QED) is 0.682. The van der Waals surface area contributed by atoms with Crippen molar-refractivity contribution in [3.63, 3.8) is 0 Å². The monoisotopic (exact) mass is 289 g/mol. The lowest BCUT2D eigenvalue weighted by atomic mass is 10.1. The first-order chi connectivity index (χ1) is 9.34. The van der Waals surface area contributed by atoms with E-state index in [1.54, 1.807) is 12.5 Å². The van der Waals surface area contributed by atoms with Crippen LogP contribution in [0.25, 0.3) is 10.9 Å². The SMILES string of the molecule is Clc1ccc(CSCc2ccco2)c2ncccc12. The molecule has 0 atom stereocenters. The minimum atomic E-state index is 0.753. The molecule has 0 aliphatic heterocycles. The van der Waals surface area contributed by atoms with E-state index in [9.17, 15) is 0 Å². The van der Waals surface area contributed by atoms with Crippen molar-refractivity contribution in [2.45, 2.75) is 11.5 Å². The highest BCUT2D eigenvalue weighted by Gasteiger charge is 2.06. The Morgan fingerprint density at radius 3 is 2.89 bits per heavy atom. The lowest BCUT2D eigenvalue weighted by Crippen LogP contribution is -1.88. The van der Waals surface area contributed by atoms with Crippen molar-refractivity contribution in [3.05, 3.63) is 65.2 Å². The van der Waals surface area contributed by atoms with Crippen LogP contribution in [-0.2, 0) is 11.5 Å². The van der Waals surface area contributed by atoms with E-state index in [0.29, 0.717) is 0 Å². The molecule has 2 heterocycles. The van der Waals surface area contributed by atoms with Crippen LogP contribution in [0, 0.1) is 0 Å². The first-order valence-electron chi connectivity index (χ1n) is 5.97. The van der Waals surface area contributed by atoms with Crippen LogP contribution in [0.3, 0.4) is 0 Å². The molecule has 0 saturated heterocycles. The molecule has 0 unspecified atom stereocenters. The Kier molecular flexibility index (Phi) is 3.76. The van der Waals surface area contributed by atoms with Gasteiger partial charge in [0.1, 0.15) is 5.76 Å². The number of fused-ring (bicyclic) bond motifs is 1. The van der Waals surface area contributed by atoms with E-state index in [-0.39, 0.29) is 0 Å². The van der Waals surface area contributed by atoms with Crippen molar-refractivity contribution < 1.29 is 4.42 Å². The molecule has 0 aliphatic rings. The molecule has 0 spiro atoms. The number of furan rings is 1. The van der Waals surface area contributed by atoms with Gasteiger partial charge in [0.15, 0.2) is 0 Å². The van der Waals surface area contributed by atoms with Crippen molar-refractivity contribution in [1.82, 2.24) is 4.98 Å². The maximum absolute atomic E-state index is 6.18. The topological polar surface area (TPSA) is 26.0 Å². The van der Waals surface area contributed by atoms with Gasteiger partial charge in [-0.05, 0) is 35.9 Å². The van der Waals surface area contributed by atoms with E-state index >= 15 is 0 Å². The van der Waals surface area contributed by atoms with Crippen molar-refractivity contribution >= 4 is 34.3 Å². The second-order valence-corrected chi connectivity index (χ2v) is 5.57. The van der Waals surface area contributed by atoms with Gasteiger partial charge < -0.3 is 4.42 Å². The molecular weight excluding hydrogens is 278 g/mol. The number of rotatable bonds is 4. The van der Waals surface area contributed by atoms with Gasteiger partial charge in [-0.25, -0.2) is 0 Å². The van der Waals surface area contributed by atoms with Gasteiger partial charge in [-0.2, -0.15) is 0 Å². The molecule has 1 aromatic carbocycles. The molecule has 0 aliphatic carbocycles. The lowest BCUT2D eigenvalue weighted by Gasteiger charge is -2.06. The van der Waals surface area contributed by atoms with E-state index in [4.69, 9.17) is 16.0 Å². The number of pyridine rings is 1. The Bertz CT molecular complexity index is 682. The second kappa shape index (κ2) is 5.68. The molecule has 4 heteroatoms. The van der Waals surface area contributed by atoms with Crippen LogP contribution in [0.2, 0.25) is 5.02 Å². The Morgan fingerprint density at radius 1 is 1.11 bits per heavy atom. The fourth-order valence-corrected chi connectivity index (χ4v) is 3.11. The average Bonchev–Trinajstić information content (AvgIpc) is 2.95.